The Morgan fingerprint density at radius 3 is 2.71 bits per heavy atom. The SMILES string of the molecule is Oc1c[nH]c[n+]1S. The summed E-state index contributed by atoms with van der Waals surface area (Å²) in [5.74, 6) is 0.114. The van der Waals surface area contributed by atoms with Gasteiger partial charge in [0.15, 0.2) is 6.20 Å². The second-order valence-electron chi connectivity index (χ2n) is 1.14. The lowest BCUT2D eigenvalue weighted by Gasteiger charge is -1.74. The zero-order valence-corrected chi connectivity index (χ0v) is 4.39. The van der Waals surface area contributed by atoms with Crippen LogP contribution in [0, 0.1) is 0 Å². The Morgan fingerprint density at radius 1 is 1.86 bits per heavy atom. The number of hydrogen-bond acceptors (Lipinski definition) is 2. The van der Waals surface area contributed by atoms with E-state index in [1.807, 2.05) is 0 Å². The highest BCUT2D eigenvalue weighted by Gasteiger charge is 1.97. The van der Waals surface area contributed by atoms with Gasteiger partial charge in [-0.05, 0) is 0 Å². The second-order valence-corrected chi connectivity index (χ2v) is 1.57. The van der Waals surface area contributed by atoms with Crippen LogP contribution in [0.3, 0.4) is 0 Å². The number of imidazole rings is 1. The molecular formula is C3H5N2OS+. The molecule has 0 amide bonds. The first kappa shape index (κ1) is 4.52. The van der Waals surface area contributed by atoms with Gasteiger partial charge in [0.25, 0.3) is 6.33 Å². The number of H-pyrrole nitrogens is 1. The van der Waals surface area contributed by atoms with Crippen molar-refractivity contribution in [3.8, 4) is 5.88 Å². The Hall–Kier alpha value is -0.640. The van der Waals surface area contributed by atoms with Gasteiger partial charge < -0.3 is 5.11 Å². The molecular weight excluding hydrogens is 112 g/mol. The van der Waals surface area contributed by atoms with Crippen molar-refractivity contribution < 1.29 is 9.08 Å². The predicted molar refractivity (Wildman–Crippen MR) is 27.0 cm³/mol. The van der Waals surface area contributed by atoms with Gasteiger partial charge in [-0.2, -0.15) is 0 Å². The fourth-order valence-electron chi connectivity index (χ4n) is 0.315. The highest BCUT2D eigenvalue weighted by Crippen LogP contribution is 1.93. The largest absolute Gasteiger partial charge is 0.474 e. The molecule has 1 aromatic rings. The summed E-state index contributed by atoms with van der Waals surface area (Å²) < 4.78 is 1.28. The van der Waals surface area contributed by atoms with E-state index in [1.165, 1.54) is 16.5 Å². The summed E-state index contributed by atoms with van der Waals surface area (Å²) in [7, 11) is 0. The average Bonchev–Trinajstić information content (AvgIpc) is 1.91. The number of rotatable bonds is 0. The molecule has 0 saturated carbocycles. The molecule has 3 nitrogen and oxygen atoms in total. The van der Waals surface area contributed by atoms with Crippen LogP contribution >= 0.6 is 12.8 Å². The van der Waals surface area contributed by atoms with Crippen molar-refractivity contribution in [3.05, 3.63) is 12.5 Å². The highest BCUT2D eigenvalue weighted by molar-refractivity contribution is 7.73. The zero-order chi connectivity index (χ0) is 5.28. The fourth-order valence-corrected chi connectivity index (χ4v) is 0.439. The summed E-state index contributed by atoms with van der Waals surface area (Å²) >= 11 is 3.78. The molecule has 0 saturated heterocycles. The molecule has 38 valence electrons. The monoisotopic (exact) mass is 117 g/mol. The lowest BCUT2D eigenvalue weighted by molar-refractivity contribution is -0.498. The van der Waals surface area contributed by atoms with Gasteiger partial charge in [-0.15, -0.1) is 3.97 Å². The average molecular weight is 117 g/mol. The first-order chi connectivity index (χ1) is 3.30. The maximum absolute atomic E-state index is 8.61. The Kier molecular flexibility index (Phi) is 0.941. The van der Waals surface area contributed by atoms with Gasteiger partial charge in [0.2, 0.25) is 0 Å². The van der Waals surface area contributed by atoms with Gasteiger partial charge in [-0.3, -0.25) is 0 Å². The number of aromatic hydroxyl groups is 1. The van der Waals surface area contributed by atoms with E-state index in [1.54, 1.807) is 0 Å². The molecule has 0 spiro atoms. The first-order valence-electron chi connectivity index (χ1n) is 1.77. The number of hydrogen-bond donors (Lipinski definition) is 3. The maximum Gasteiger partial charge on any atom is 0.333 e. The standard InChI is InChI=1S/C3H4N2OS/c6-3-1-4-2-5(3)7/h1-2,6-7H/p+1. The van der Waals surface area contributed by atoms with Crippen molar-refractivity contribution in [2.45, 2.75) is 0 Å². The minimum absolute atomic E-state index is 0.114. The molecule has 0 unspecified atom stereocenters. The normalized spacial score (nSPS) is 9.29. The Labute approximate surface area is 46.2 Å². The van der Waals surface area contributed by atoms with Crippen LogP contribution in [-0.2, 0) is 0 Å². The fraction of sp³-hybridized carbons (Fsp3) is 0. The summed E-state index contributed by atoms with van der Waals surface area (Å²) in [4.78, 5) is 2.63. The lowest BCUT2D eigenvalue weighted by atomic mass is 10.9. The molecule has 0 radical (unpaired) electrons. The van der Waals surface area contributed by atoms with E-state index in [0.717, 1.165) is 0 Å². The molecule has 0 atom stereocenters. The topological polar surface area (TPSA) is 39.9 Å². The molecule has 4 heteroatoms. The quantitative estimate of drug-likeness (QED) is 0.317. The number of aromatic amines is 1. The van der Waals surface area contributed by atoms with Crippen molar-refractivity contribution in [2.24, 2.45) is 0 Å². The molecule has 0 aliphatic carbocycles. The molecule has 0 aliphatic rings. The summed E-state index contributed by atoms with van der Waals surface area (Å²) in [5.41, 5.74) is 0. The van der Waals surface area contributed by atoms with Crippen LogP contribution in [0.15, 0.2) is 12.5 Å². The number of aromatic nitrogens is 2. The van der Waals surface area contributed by atoms with E-state index in [0.29, 0.717) is 0 Å². The second kappa shape index (κ2) is 1.46. The molecule has 1 heterocycles. The Bertz CT molecular complexity index is 145. The summed E-state index contributed by atoms with van der Waals surface area (Å²) in [6, 6.07) is 0. The Morgan fingerprint density at radius 2 is 2.57 bits per heavy atom. The molecule has 0 fully saturated rings. The Balaban J connectivity index is 3.12. The lowest BCUT2D eigenvalue weighted by Crippen LogP contribution is -2.15. The minimum Gasteiger partial charge on any atom is -0.474 e. The molecule has 1 aromatic heterocycles. The third-order valence-electron chi connectivity index (χ3n) is 0.644. The van der Waals surface area contributed by atoms with Crippen LogP contribution < -0.4 is 3.97 Å². The van der Waals surface area contributed by atoms with Crippen molar-refractivity contribution in [3.63, 3.8) is 0 Å². The van der Waals surface area contributed by atoms with E-state index >= 15 is 0 Å². The van der Waals surface area contributed by atoms with Gasteiger partial charge in [0.05, 0.1) is 0 Å². The van der Waals surface area contributed by atoms with Gasteiger partial charge in [0, 0.05) is 12.8 Å². The van der Waals surface area contributed by atoms with E-state index in [2.05, 4.69) is 17.8 Å². The van der Waals surface area contributed by atoms with Crippen LogP contribution in [0.25, 0.3) is 0 Å². The first-order valence-corrected chi connectivity index (χ1v) is 2.17. The predicted octanol–water partition coefficient (Wildman–Crippen LogP) is -0.299. The van der Waals surface area contributed by atoms with E-state index < -0.39 is 0 Å². The van der Waals surface area contributed by atoms with Gasteiger partial charge in [-0.25, -0.2) is 4.98 Å². The minimum atomic E-state index is 0.114. The smallest absolute Gasteiger partial charge is 0.333 e. The van der Waals surface area contributed by atoms with Crippen LogP contribution in [0.4, 0.5) is 0 Å². The van der Waals surface area contributed by atoms with E-state index in [-0.39, 0.29) is 5.88 Å². The third kappa shape index (κ3) is 0.691. The van der Waals surface area contributed by atoms with Gasteiger partial charge >= 0.3 is 5.88 Å². The maximum atomic E-state index is 8.61. The zero-order valence-electron chi connectivity index (χ0n) is 3.50. The number of nitrogens with one attached hydrogen (secondary N) is 1. The molecule has 0 aromatic carbocycles. The van der Waals surface area contributed by atoms with E-state index in [9.17, 15) is 0 Å². The van der Waals surface area contributed by atoms with Crippen molar-refractivity contribution in [1.82, 2.24) is 4.98 Å². The molecule has 0 aliphatic heterocycles. The van der Waals surface area contributed by atoms with Crippen molar-refractivity contribution >= 4 is 12.8 Å². The van der Waals surface area contributed by atoms with E-state index in [4.69, 9.17) is 5.11 Å². The molecule has 2 N–H and O–H groups in total. The van der Waals surface area contributed by atoms with Crippen molar-refractivity contribution in [1.29, 1.82) is 0 Å². The molecule has 0 bridgehead atoms. The van der Waals surface area contributed by atoms with Crippen LogP contribution in [0.2, 0.25) is 0 Å². The highest BCUT2D eigenvalue weighted by atomic mass is 32.1. The van der Waals surface area contributed by atoms with Crippen LogP contribution in [0.5, 0.6) is 5.88 Å². The summed E-state index contributed by atoms with van der Waals surface area (Å²) in [5, 5.41) is 8.61. The molecule has 7 heavy (non-hydrogen) atoms. The number of thiol groups is 1. The van der Waals surface area contributed by atoms with Gasteiger partial charge in [-0.1, -0.05) is 0 Å². The molecule has 1 rings (SSSR count). The van der Waals surface area contributed by atoms with Crippen LogP contribution in [0.1, 0.15) is 0 Å². The van der Waals surface area contributed by atoms with Crippen molar-refractivity contribution in [2.75, 3.05) is 0 Å². The summed E-state index contributed by atoms with van der Waals surface area (Å²) in [6.07, 6.45) is 2.96. The van der Waals surface area contributed by atoms with Gasteiger partial charge in [0.1, 0.15) is 0 Å². The third-order valence-corrected chi connectivity index (χ3v) is 0.964. The summed E-state index contributed by atoms with van der Waals surface area (Å²) in [6.45, 7) is 0. The van der Waals surface area contributed by atoms with Crippen LogP contribution in [-0.4, -0.2) is 10.1 Å². The number of nitrogens with zero attached hydrogens (tertiary/aromatic N) is 1.